The number of rotatable bonds is 4. The van der Waals surface area contributed by atoms with Crippen LogP contribution in [0.5, 0.6) is 0 Å². The van der Waals surface area contributed by atoms with Crippen molar-refractivity contribution in [1.82, 2.24) is 9.88 Å². The number of amides is 3. The van der Waals surface area contributed by atoms with Gasteiger partial charge in [0.15, 0.2) is 0 Å². The summed E-state index contributed by atoms with van der Waals surface area (Å²) in [5.41, 5.74) is 2.75. The van der Waals surface area contributed by atoms with E-state index in [0.717, 1.165) is 27.8 Å². The molecule has 142 valence electrons. The molecule has 0 saturated carbocycles. The third kappa shape index (κ3) is 3.08. The number of imide groups is 1. The number of urea groups is 1. The maximum atomic E-state index is 12.9. The van der Waals surface area contributed by atoms with Crippen molar-refractivity contribution in [3.05, 3.63) is 71.0 Å². The fourth-order valence-electron chi connectivity index (χ4n) is 3.42. The van der Waals surface area contributed by atoms with Crippen LogP contribution in [0.15, 0.2) is 60.4 Å². The minimum Gasteiger partial charge on any atom is -0.344 e. The quantitative estimate of drug-likeness (QED) is 0.479. The third-order valence-corrected chi connectivity index (χ3v) is 5.35. The smallest absolute Gasteiger partial charge is 0.333 e. The van der Waals surface area contributed by atoms with E-state index in [1.54, 1.807) is 30.3 Å². The second kappa shape index (κ2) is 7.17. The lowest BCUT2D eigenvalue weighted by Gasteiger charge is -2.12. The molecule has 2 heterocycles. The van der Waals surface area contributed by atoms with Crippen molar-refractivity contribution in [1.29, 1.82) is 0 Å². The van der Waals surface area contributed by atoms with Crippen molar-refractivity contribution < 1.29 is 9.59 Å². The predicted octanol–water partition coefficient (Wildman–Crippen LogP) is 5.36. The van der Waals surface area contributed by atoms with Crippen LogP contribution in [0.2, 0.25) is 5.02 Å². The summed E-state index contributed by atoms with van der Waals surface area (Å²) in [5, 5.41) is 4.28. The van der Waals surface area contributed by atoms with Gasteiger partial charge in [-0.05, 0) is 49.8 Å². The number of halogens is 1. The molecule has 1 aliphatic rings. The van der Waals surface area contributed by atoms with Crippen molar-refractivity contribution in [2.45, 2.75) is 26.3 Å². The Morgan fingerprint density at radius 3 is 2.54 bits per heavy atom. The number of aromatic nitrogens is 1. The lowest BCUT2D eigenvalue weighted by atomic mass is 10.1. The number of hydrogen-bond acceptors (Lipinski definition) is 2. The normalized spacial score (nSPS) is 16.8. The molecule has 0 aliphatic carbocycles. The number of hydrogen-bond donors (Lipinski definition) is 1. The van der Waals surface area contributed by atoms with Crippen molar-refractivity contribution in [2.75, 3.05) is 4.90 Å². The second-order valence-electron chi connectivity index (χ2n) is 6.87. The molecule has 0 radical (unpaired) electrons. The first-order valence-electron chi connectivity index (χ1n) is 9.22. The molecular weight excluding hydrogens is 374 g/mol. The SMILES string of the molecule is CC[C@H](C)n1cc(/C=C2/NC(=O)N(c3ccc(Cl)cc3)C2=O)c2ccccc21. The molecule has 3 amide bonds. The Bertz CT molecular complexity index is 1100. The van der Waals surface area contributed by atoms with E-state index in [9.17, 15) is 9.59 Å². The second-order valence-corrected chi connectivity index (χ2v) is 7.31. The fourth-order valence-corrected chi connectivity index (χ4v) is 3.55. The van der Waals surface area contributed by atoms with Crippen LogP contribution in [0.4, 0.5) is 10.5 Å². The average molecular weight is 394 g/mol. The molecule has 0 unspecified atom stereocenters. The maximum absolute atomic E-state index is 12.9. The van der Waals surface area contributed by atoms with Crippen molar-refractivity contribution in [3.8, 4) is 0 Å². The van der Waals surface area contributed by atoms with E-state index in [0.29, 0.717) is 16.8 Å². The number of fused-ring (bicyclic) bond motifs is 1. The Hall–Kier alpha value is -3.05. The Morgan fingerprint density at radius 2 is 1.82 bits per heavy atom. The third-order valence-electron chi connectivity index (χ3n) is 5.10. The summed E-state index contributed by atoms with van der Waals surface area (Å²) in [6.07, 6.45) is 4.78. The number of para-hydroxylation sites is 1. The van der Waals surface area contributed by atoms with E-state index in [2.05, 4.69) is 29.8 Å². The van der Waals surface area contributed by atoms with Gasteiger partial charge in [-0.1, -0.05) is 36.7 Å². The van der Waals surface area contributed by atoms with Crippen molar-refractivity contribution >= 4 is 46.2 Å². The van der Waals surface area contributed by atoms with E-state index in [1.165, 1.54) is 0 Å². The number of nitrogens with one attached hydrogen (secondary N) is 1. The molecule has 0 bridgehead atoms. The van der Waals surface area contributed by atoms with Gasteiger partial charge in [-0.25, -0.2) is 9.69 Å². The van der Waals surface area contributed by atoms with Crippen molar-refractivity contribution in [3.63, 3.8) is 0 Å². The summed E-state index contributed by atoms with van der Waals surface area (Å²) in [5.74, 6) is -0.382. The number of benzene rings is 2. The van der Waals surface area contributed by atoms with Gasteiger partial charge in [-0.3, -0.25) is 4.79 Å². The molecule has 0 spiro atoms. The highest BCUT2D eigenvalue weighted by atomic mass is 35.5. The van der Waals surface area contributed by atoms with E-state index in [1.807, 2.05) is 24.4 Å². The van der Waals surface area contributed by atoms with Gasteiger partial charge >= 0.3 is 6.03 Å². The first-order valence-corrected chi connectivity index (χ1v) is 9.59. The number of carbonyl (C=O) groups is 2. The maximum Gasteiger partial charge on any atom is 0.333 e. The van der Waals surface area contributed by atoms with Gasteiger partial charge < -0.3 is 9.88 Å². The lowest BCUT2D eigenvalue weighted by Crippen LogP contribution is -2.30. The predicted molar refractivity (Wildman–Crippen MR) is 112 cm³/mol. The van der Waals surface area contributed by atoms with Crippen LogP contribution < -0.4 is 10.2 Å². The zero-order valence-electron chi connectivity index (χ0n) is 15.6. The first kappa shape index (κ1) is 18.3. The van der Waals surface area contributed by atoms with Gasteiger partial charge in [-0.15, -0.1) is 0 Å². The van der Waals surface area contributed by atoms with Crippen LogP contribution in [0, 0.1) is 0 Å². The first-order chi connectivity index (χ1) is 13.5. The Morgan fingerprint density at radius 1 is 1.11 bits per heavy atom. The monoisotopic (exact) mass is 393 g/mol. The molecule has 4 rings (SSSR count). The Kier molecular flexibility index (Phi) is 4.69. The minimum absolute atomic E-state index is 0.256. The van der Waals surface area contributed by atoms with Crippen LogP contribution in [-0.4, -0.2) is 16.5 Å². The largest absolute Gasteiger partial charge is 0.344 e. The molecule has 3 aromatic rings. The average Bonchev–Trinajstić information content (AvgIpc) is 3.20. The summed E-state index contributed by atoms with van der Waals surface area (Å²) in [4.78, 5) is 26.4. The van der Waals surface area contributed by atoms with Gasteiger partial charge in [0.05, 0.1) is 5.69 Å². The van der Waals surface area contributed by atoms with Gasteiger partial charge in [0.25, 0.3) is 5.91 Å². The molecule has 1 atom stereocenters. The van der Waals surface area contributed by atoms with Crippen molar-refractivity contribution in [2.24, 2.45) is 0 Å². The Balaban J connectivity index is 1.75. The van der Waals surface area contributed by atoms with Crippen LogP contribution in [0.3, 0.4) is 0 Å². The fraction of sp³-hybridized carbons (Fsp3) is 0.182. The highest BCUT2D eigenvalue weighted by Crippen LogP contribution is 2.29. The number of anilines is 1. The standard InChI is InChI=1S/C22H20ClN3O2/c1-3-14(2)25-13-15(18-6-4-5-7-20(18)25)12-19-21(27)26(22(28)24-19)17-10-8-16(23)9-11-17/h4-14H,3H2,1-2H3,(H,24,28)/b19-12+/t14-/m0/s1. The zero-order valence-corrected chi connectivity index (χ0v) is 16.4. The summed E-state index contributed by atoms with van der Waals surface area (Å²) < 4.78 is 2.21. The molecular formula is C22H20ClN3O2. The molecule has 1 aromatic heterocycles. The molecule has 2 aromatic carbocycles. The van der Waals surface area contributed by atoms with Gasteiger partial charge in [-0.2, -0.15) is 0 Å². The minimum atomic E-state index is -0.468. The molecule has 28 heavy (non-hydrogen) atoms. The van der Waals surface area contributed by atoms with E-state index in [-0.39, 0.29) is 11.6 Å². The summed E-state index contributed by atoms with van der Waals surface area (Å²) in [7, 11) is 0. The topological polar surface area (TPSA) is 54.3 Å². The summed E-state index contributed by atoms with van der Waals surface area (Å²) in [6, 6.07) is 14.5. The molecule has 1 fully saturated rings. The van der Waals surface area contributed by atoms with Crippen LogP contribution in [0.25, 0.3) is 17.0 Å². The summed E-state index contributed by atoms with van der Waals surface area (Å²) >= 11 is 5.90. The van der Waals surface area contributed by atoms with E-state index >= 15 is 0 Å². The van der Waals surface area contributed by atoms with Gasteiger partial charge in [0, 0.05) is 33.7 Å². The number of nitrogens with zero attached hydrogens (tertiary/aromatic N) is 2. The summed E-state index contributed by atoms with van der Waals surface area (Å²) in [6.45, 7) is 4.30. The highest BCUT2D eigenvalue weighted by Gasteiger charge is 2.35. The van der Waals surface area contributed by atoms with Crippen LogP contribution >= 0.6 is 11.6 Å². The van der Waals surface area contributed by atoms with Gasteiger partial charge in [0.2, 0.25) is 0 Å². The lowest BCUT2D eigenvalue weighted by molar-refractivity contribution is -0.113. The molecule has 1 N–H and O–H groups in total. The molecule has 1 saturated heterocycles. The molecule has 1 aliphatic heterocycles. The van der Waals surface area contributed by atoms with Crippen LogP contribution in [-0.2, 0) is 4.79 Å². The van der Waals surface area contributed by atoms with E-state index < -0.39 is 6.03 Å². The van der Waals surface area contributed by atoms with E-state index in [4.69, 9.17) is 11.6 Å². The zero-order chi connectivity index (χ0) is 19.8. The highest BCUT2D eigenvalue weighted by molar-refractivity contribution is 6.31. The van der Waals surface area contributed by atoms with Gasteiger partial charge in [0.1, 0.15) is 5.70 Å². The Labute approximate surface area is 168 Å². The molecule has 6 heteroatoms. The van der Waals surface area contributed by atoms with Crippen LogP contribution in [0.1, 0.15) is 31.9 Å². The molecule has 5 nitrogen and oxygen atoms in total. The number of carbonyl (C=O) groups excluding carboxylic acids is 2.